The summed E-state index contributed by atoms with van der Waals surface area (Å²) in [6, 6.07) is 21.3. The summed E-state index contributed by atoms with van der Waals surface area (Å²) < 4.78 is 27.4. The lowest BCUT2D eigenvalue weighted by Gasteiger charge is -2.26. The zero-order chi connectivity index (χ0) is 29.8. The van der Waals surface area contributed by atoms with Crippen LogP contribution in [0.5, 0.6) is 0 Å². The lowest BCUT2D eigenvalue weighted by molar-refractivity contribution is -0.120. The van der Waals surface area contributed by atoms with Crippen molar-refractivity contribution in [3.8, 4) is 0 Å². The smallest absolute Gasteiger partial charge is 0.254 e. The number of piperidine rings is 1. The number of rotatable bonds is 8. The summed E-state index contributed by atoms with van der Waals surface area (Å²) in [5.74, 6) is -2.37. The SMILES string of the molecule is O=C(Cc1ccc(F)cc1F)NC1=CC=C2NC(=O)C(=C(Nc3ccc(CN4CCCCC4)cc3)c3ccccc3)C2C1. The maximum absolute atomic E-state index is 14.1. The van der Waals surface area contributed by atoms with Gasteiger partial charge < -0.3 is 16.0 Å². The van der Waals surface area contributed by atoms with Gasteiger partial charge in [0.15, 0.2) is 0 Å². The number of carbonyl (C=O) groups is 2. The van der Waals surface area contributed by atoms with Crippen LogP contribution < -0.4 is 16.0 Å². The number of anilines is 1. The van der Waals surface area contributed by atoms with E-state index >= 15 is 0 Å². The number of likely N-dealkylation sites (tertiary alicyclic amines) is 1. The number of nitrogens with zero attached hydrogens (tertiary/aromatic N) is 1. The van der Waals surface area contributed by atoms with Gasteiger partial charge in [0, 0.05) is 42.0 Å². The van der Waals surface area contributed by atoms with E-state index in [0.717, 1.165) is 48.7 Å². The van der Waals surface area contributed by atoms with Crippen LogP contribution in [0.3, 0.4) is 0 Å². The van der Waals surface area contributed by atoms with Gasteiger partial charge in [-0.3, -0.25) is 14.5 Å². The molecule has 2 heterocycles. The van der Waals surface area contributed by atoms with Crippen molar-refractivity contribution in [2.75, 3.05) is 18.4 Å². The molecule has 2 aliphatic heterocycles. The Morgan fingerprint density at radius 2 is 1.67 bits per heavy atom. The van der Waals surface area contributed by atoms with Gasteiger partial charge >= 0.3 is 0 Å². The second kappa shape index (κ2) is 12.8. The predicted molar refractivity (Wildman–Crippen MR) is 163 cm³/mol. The third-order valence-corrected chi connectivity index (χ3v) is 8.19. The molecule has 3 aromatic rings. The molecule has 2 saturated heterocycles. The highest BCUT2D eigenvalue weighted by Gasteiger charge is 2.38. The van der Waals surface area contributed by atoms with Crippen LogP contribution in [-0.4, -0.2) is 29.8 Å². The first-order chi connectivity index (χ1) is 20.9. The van der Waals surface area contributed by atoms with Crippen molar-refractivity contribution in [2.24, 2.45) is 5.92 Å². The normalized spacial score (nSPS) is 19.6. The van der Waals surface area contributed by atoms with Crippen molar-refractivity contribution in [3.05, 3.63) is 130 Å². The van der Waals surface area contributed by atoms with Crippen LogP contribution in [0.2, 0.25) is 0 Å². The predicted octanol–water partition coefficient (Wildman–Crippen LogP) is 6.05. The van der Waals surface area contributed by atoms with Crippen molar-refractivity contribution < 1.29 is 18.4 Å². The summed E-state index contributed by atoms with van der Waals surface area (Å²) in [6.45, 7) is 3.20. The average molecular weight is 581 g/mol. The molecule has 220 valence electrons. The van der Waals surface area contributed by atoms with E-state index in [0.29, 0.717) is 23.4 Å². The summed E-state index contributed by atoms with van der Waals surface area (Å²) in [6.07, 6.45) is 7.51. The molecule has 0 bridgehead atoms. The van der Waals surface area contributed by atoms with E-state index in [4.69, 9.17) is 0 Å². The van der Waals surface area contributed by atoms with Crippen LogP contribution in [0.4, 0.5) is 14.5 Å². The molecule has 43 heavy (non-hydrogen) atoms. The number of fused-ring (bicyclic) bond motifs is 1. The van der Waals surface area contributed by atoms with Crippen molar-refractivity contribution >= 4 is 23.2 Å². The molecule has 6 rings (SSSR count). The van der Waals surface area contributed by atoms with Gasteiger partial charge in [-0.25, -0.2) is 8.78 Å². The highest BCUT2D eigenvalue weighted by atomic mass is 19.1. The van der Waals surface area contributed by atoms with Crippen LogP contribution in [0.15, 0.2) is 102 Å². The number of allylic oxidation sites excluding steroid dienone is 4. The van der Waals surface area contributed by atoms with Gasteiger partial charge in [-0.15, -0.1) is 0 Å². The first kappa shape index (κ1) is 28.6. The molecule has 6 nitrogen and oxygen atoms in total. The number of benzene rings is 3. The topological polar surface area (TPSA) is 73.5 Å². The van der Waals surface area contributed by atoms with E-state index in [1.54, 1.807) is 12.2 Å². The molecular weight excluding hydrogens is 546 g/mol. The lowest BCUT2D eigenvalue weighted by Crippen LogP contribution is -2.29. The Morgan fingerprint density at radius 3 is 2.42 bits per heavy atom. The number of hydrogen-bond acceptors (Lipinski definition) is 4. The Labute approximate surface area is 250 Å². The third-order valence-electron chi connectivity index (χ3n) is 8.19. The Kier molecular flexibility index (Phi) is 8.47. The van der Waals surface area contributed by atoms with Gasteiger partial charge in [-0.05, 0) is 73.0 Å². The summed E-state index contributed by atoms with van der Waals surface area (Å²) in [5.41, 5.74) is 5.78. The molecular formula is C35H34F2N4O2. The van der Waals surface area contributed by atoms with E-state index < -0.39 is 17.5 Å². The van der Waals surface area contributed by atoms with Gasteiger partial charge in [0.25, 0.3) is 5.91 Å². The van der Waals surface area contributed by atoms with Crippen LogP contribution in [0.1, 0.15) is 42.4 Å². The zero-order valence-electron chi connectivity index (χ0n) is 23.8. The summed E-state index contributed by atoms with van der Waals surface area (Å²) in [7, 11) is 0. The minimum Gasteiger partial charge on any atom is -0.355 e. The largest absolute Gasteiger partial charge is 0.355 e. The lowest BCUT2D eigenvalue weighted by atomic mass is 9.88. The second-order valence-electron chi connectivity index (χ2n) is 11.3. The van der Waals surface area contributed by atoms with E-state index in [-0.39, 0.29) is 23.8 Å². The number of nitrogens with one attached hydrogen (secondary N) is 3. The third kappa shape index (κ3) is 6.75. The minimum absolute atomic E-state index is 0.113. The Hall–Kier alpha value is -4.56. The van der Waals surface area contributed by atoms with Crippen molar-refractivity contribution in [3.63, 3.8) is 0 Å². The fraction of sp³-hybridized carbons (Fsp3) is 0.257. The van der Waals surface area contributed by atoms with E-state index in [2.05, 4.69) is 33.0 Å². The Balaban J connectivity index is 1.22. The molecule has 0 radical (unpaired) electrons. The molecule has 0 saturated carbocycles. The number of carbonyl (C=O) groups excluding carboxylic acids is 2. The Bertz CT molecular complexity index is 1610. The van der Waals surface area contributed by atoms with Crippen LogP contribution in [-0.2, 0) is 22.6 Å². The Morgan fingerprint density at radius 1 is 0.907 bits per heavy atom. The van der Waals surface area contributed by atoms with Gasteiger partial charge in [0.05, 0.1) is 17.7 Å². The molecule has 1 unspecified atom stereocenters. The number of halogens is 2. The first-order valence-corrected chi connectivity index (χ1v) is 14.8. The molecule has 0 aromatic heterocycles. The zero-order valence-corrected chi connectivity index (χ0v) is 23.8. The molecule has 3 aliphatic rings. The quantitative estimate of drug-likeness (QED) is 0.284. The van der Waals surface area contributed by atoms with Crippen LogP contribution in [0.25, 0.3) is 5.70 Å². The molecule has 2 amide bonds. The van der Waals surface area contributed by atoms with Crippen LogP contribution in [0, 0.1) is 17.6 Å². The van der Waals surface area contributed by atoms with E-state index in [1.807, 2.05) is 42.5 Å². The molecule has 0 spiro atoms. The minimum atomic E-state index is -0.760. The van der Waals surface area contributed by atoms with Gasteiger partial charge in [-0.1, -0.05) is 55.0 Å². The van der Waals surface area contributed by atoms with Crippen molar-refractivity contribution in [1.82, 2.24) is 15.5 Å². The van der Waals surface area contributed by atoms with Gasteiger partial charge in [0.2, 0.25) is 5.91 Å². The van der Waals surface area contributed by atoms with E-state index in [1.165, 1.54) is 30.9 Å². The van der Waals surface area contributed by atoms with Crippen LogP contribution >= 0.6 is 0 Å². The fourth-order valence-electron chi connectivity index (χ4n) is 6.00. The molecule has 3 N–H and O–H groups in total. The number of hydrogen-bond donors (Lipinski definition) is 3. The van der Waals surface area contributed by atoms with E-state index in [9.17, 15) is 18.4 Å². The average Bonchev–Trinajstić information content (AvgIpc) is 3.34. The van der Waals surface area contributed by atoms with Crippen molar-refractivity contribution in [1.29, 1.82) is 0 Å². The monoisotopic (exact) mass is 580 g/mol. The summed E-state index contributed by atoms with van der Waals surface area (Å²) in [5, 5.41) is 9.39. The molecule has 3 aromatic carbocycles. The van der Waals surface area contributed by atoms with Crippen molar-refractivity contribution in [2.45, 2.75) is 38.6 Å². The molecule has 1 atom stereocenters. The maximum atomic E-state index is 14.1. The maximum Gasteiger partial charge on any atom is 0.254 e. The summed E-state index contributed by atoms with van der Waals surface area (Å²) >= 11 is 0. The highest BCUT2D eigenvalue weighted by molar-refractivity contribution is 6.07. The molecule has 1 aliphatic carbocycles. The van der Waals surface area contributed by atoms with Gasteiger partial charge in [0.1, 0.15) is 11.6 Å². The fourth-order valence-corrected chi connectivity index (χ4v) is 6.00. The first-order valence-electron chi connectivity index (χ1n) is 14.8. The molecule has 2 fully saturated rings. The summed E-state index contributed by atoms with van der Waals surface area (Å²) in [4.78, 5) is 28.7. The standard InChI is InChI=1S/C35H34F2N4O2/c36-26-12-11-25(30(37)20-26)19-32(42)38-28-15-16-31-29(21-28)33(35(43)40-31)34(24-7-3-1-4-8-24)39-27-13-9-23(10-14-27)22-41-17-5-2-6-18-41/h1,3-4,7-16,20,29,39H,2,5-6,17-19,21-22H2,(H,38,42)(H,40,43). The number of amides is 2. The second-order valence-corrected chi connectivity index (χ2v) is 11.3. The highest BCUT2D eigenvalue weighted by Crippen LogP contribution is 2.39. The molecule has 8 heteroatoms. The van der Waals surface area contributed by atoms with Gasteiger partial charge in [-0.2, -0.15) is 0 Å².